The summed E-state index contributed by atoms with van der Waals surface area (Å²) in [5.74, 6) is -0.352. The molecule has 0 spiro atoms. The topological polar surface area (TPSA) is 58.6 Å². The van der Waals surface area contributed by atoms with Crippen molar-refractivity contribution in [3.05, 3.63) is 57.0 Å². The highest BCUT2D eigenvalue weighted by Gasteiger charge is 2.33. The number of carbonyl (C=O) groups is 1. The Morgan fingerprint density at radius 1 is 1.24 bits per heavy atom. The molecule has 0 fully saturated rings. The highest BCUT2D eigenvalue weighted by atomic mass is 79.9. The second-order valence-electron chi connectivity index (χ2n) is 4.94. The summed E-state index contributed by atoms with van der Waals surface area (Å²) < 4.78 is 44.4. The Bertz CT molecular complexity index is 784. The maximum Gasteiger partial charge on any atom is 0.417 e. The lowest BCUT2D eigenvalue weighted by Gasteiger charge is -2.13. The zero-order chi connectivity index (χ0) is 18.6. The van der Waals surface area contributed by atoms with Gasteiger partial charge in [0.2, 0.25) is 0 Å². The maximum absolute atomic E-state index is 12.8. The standard InChI is InChI=1S/C16H12BrClF3NO3/c17-10-1-4-14(9(5-10)7-23)25-8-15(24)22-11-2-3-13(18)12(6-11)16(19,20)21/h1-6,23H,7-8H2,(H,22,24). The summed E-state index contributed by atoms with van der Waals surface area (Å²) in [6.07, 6.45) is -4.62. The molecule has 9 heteroatoms. The van der Waals surface area contributed by atoms with Gasteiger partial charge in [-0.1, -0.05) is 27.5 Å². The van der Waals surface area contributed by atoms with Crippen LogP contribution in [-0.4, -0.2) is 17.6 Å². The van der Waals surface area contributed by atoms with Crippen molar-refractivity contribution < 1.29 is 27.8 Å². The predicted molar refractivity (Wildman–Crippen MR) is 90.6 cm³/mol. The molecule has 0 aliphatic carbocycles. The van der Waals surface area contributed by atoms with E-state index in [-0.39, 0.29) is 12.3 Å². The first-order valence-corrected chi connectivity index (χ1v) is 8.06. The highest BCUT2D eigenvalue weighted by molar-refractivity contribution is 9.10. The Morgan fingerprint density at radius 3 is 2.60 bits per heavy atom. The highest BCUT2D eigenvalue weighted by Crippen LogP contribution is 2.36. The number of nitrogens with one attached hydrogen (secondary N) is 1. The Balaban J connectivity index is 2.04. The van der Waals surface area contributed by atoms with Crippen molar-refractivity contribution in [2.45, 2.75) is 12.8 Å². The van der Waals surface area contributed by atoms with Crippen LogP contribution in [0.5, 0.6) is 5.75 Å². The van der Waals surface area contributed by atoms with Gasteiger partial charge in [-0.3, -0.25) is 4.79 Å². The molecule has 134 valence electrons. The van der Waals surface area contributed by atoms with Crippen molar-refractivity contribution in [1.29, 1.82) is 0 Å². The van der Waals surface area contributed by atoms with Gasteiger partial charge in [-0.15, -0.1) is 0 Å². The smallest absolute Gasteiger partial charge is 0.417 e. The molecular formula is C16H12BrClF3NO3. The third kappa shape index (κ3) is 5.35. The van der Waals surface area contributed by atoms with Gasteiger partial charge in [0.15, 0.2) is 6.61 Å². The van der Waals surface area contributed by atoms with E-state index in [4.69, 9.17) is 16.3 Å². The predicted octanol–water partition coefficient (Wildman–Crippen LogP) is 4.63. The minimum Gasteiger partial charge on any atom is -0.483 e. The molecule has 0 bridgehead atoms. The van der Waals surface area contributed by atoms with Crippen LogP contribution in [0, 0.1) is 0 Å². The van der Waals surface area contributed by atoms with E-state index in [0.717, 1.165) is 16.6 Å². The molecule has 0 aliphatic heterocycles. The van der Waals surface area contributed by atoms with Crippen LogP contribution in [0.15, 0.2) is 40.9 Å². The van der Waals surface area contributed by atoms with Crippen LogP contribution in [0.4, 0.5) is 18.9 Å². The van der Waals surface area contributed by atoms with Gasteiger partial charge in [-0.2, -0.15) is 13.2 Å². The van der Waals surface area contributed by atoms with Crippen molar-refractivity contribution in [2.24, 2.45) is 0 Å². The van der Waals surface area contributed by atoms with Gasteiger partial charge in [0.1, 0.15) is 5.75 Å². The number of carbonyl (C=O) groups excluding carboxylic acids is 1. The van der Waals surface area contributed by atoms with Crippen molar-refractivity contribution in [3.63, 3.8) is 0 Å². The minimum atomic E-state index is -4.62. The van der Waals surface area contributed by atoms with Gasteiger partial charge in [0, 0.05) is 15.7 Å². The van der Waals surface area contributed by atoms with E-state index in [2.05, 4.69) is 21.2 Å². The van der Waals surface area contributed by atoms with Gasteiger partial charge in [-0.25, -0.2) is 0 Å². The number of hydrogen-bond acceptors (Lipinski definition) is 3. The molecule has 0 saturated carbocycles. The monoisotopic (exact) mass is 437 g/mol. The van der Waals surface area contributed by atoms with Crippen molar-refractivity contribution in [1.82, 2.24) is 0 Å². The van der Waals surface area contributed by atoms with Gasteiger partial charge < -0.3 is 15.2 Å². The number of ether oxygens (including phenoxy) is 1. The summed E-state index contributed by atoms with van der Waals surface area (Å²) in [5, 5.41) is 11.1. The Hall–Kier alpha value is -1.77. The molecule has 4 nitrogen and oxygen atoms in total. The molecule has 0 aliphatic rings. The molecule has 2 aromatic rings. The van der Waals surface area contributed by atoms with Crippen molar-refractivity contribution in [3.8, 4) is 5.75 Å². The lowest BCUT2D eigenvalue weighted by Crippen LogP contribution is -2.21. The molecule has 0 atom stereocenters. The Kier molecular flexibility index (Phi) is 6.31. The largest absolute Gasteiger partial charge is 0.483 e. The second-order valence-corrected chi connectivity index (χ2v) is 6.26. The van der Waals surface area contributed by atoms with Crippen LogP contribution >= 0.6 is 27.5 Å². The van der Waals surface area contributed by atoms with E-state index in [0.29, 0.717) is 11.3 Å². The molecule has 2 rings (SSSR count). The second kappa shape index (κ2) is 8.07. The Labute approximate surface area is 154 Å². The van der Waals surface area contributed by atoms with Crippen LogP contribution in [0.2, 0.25) is 5.02 Å². The fraction of sp³-hybridized carbons (Fsp3) is 0.188. The number of halogens is 5. The van der Waals surface area contributed by atoms with Crippen LogP contribution < -0.4 is 10.1 Å². The molecule has 0 aromatic heterocycles. The molecule has 0 saturated heterocycles. The molecule has 2 N–H and O–H groups in total. The fourth-order valence-corrected chi connectivity index (χ4v) is 2.61. The molecule has 0 radical (unpaired) electrons. The van der Waals surface area contributed by atoms with Gasteiger partial charge in [0.05, 0.1) is 17.2 Å². The first kappa shape index (κ1) is 19.6. The molecule has 2 aromatic carbocycles. The number of anilines is 1. The van der Waals surface area contributed by atoms with Gasteiger partial charge >= 0.3 is 6.18 Å². The van der Waals surface area contributed by atoms with E-state index in [1.54, 1.807) is 18.2 Å². The van der Waals surface area contributed by atoms with E-state index in [1.807, 2.05) is 0 Å². The summed E-state index contributed by atoms with van der Waals surface area (Å²) in [4.78, 5) is 11.9. The van der Waals surface area contributed by atoms with E-state index in [9.17, 15) is 23.1 Å². The van der Waals surface area contributed by atoms with Crippen LogP contribution in [0.3, 0.4) is 0 Å². The number of rotatable bonds is 5. The first-order chi connectivity index (χ1) is 11.7. The number of benzene rings is 2. The van der Waals surface area contributed by atoms with Crippen LogP contribution in [0.25, 0.3) is 0 Å². The Morgan fingerprint density at radius 2 is 1.96 bits per heavy atom. The van der Waals surface area contributed by atoms with E-state index >= 15 is 0 Å². The number of aliphatic hydroxyl groups is 1. The number of alkyl halides is 3. The average molecular weight is 439 g/mol. The number of aliphatic hydroxyl groups excluding tert-OH is 1. The molecule has 0 heterocycles. The summed E-state index contributed by atoms with van der Waals surface area (Å²) in [5.41, 5.74) is -0.625. The quantitative estimate of drug-likeness (QED) is 0.715. The van der Waals surface area contributed by atoms with Gasteiger partial charge in [-0.05, 0) is 36.4 Å². The first-order valence-electron chi connectivity index (χ1n) is 6.89. The van der Waals surface area contributed by atoms with E-state index in [1.165, 1.54) is 6.07 Å². The number of amides is 1. The van der Waals surface area contributed by atoms with E-state index < -0.39 is 29.3 Å². The summed E-state index contributed by atoms with van der Waals surface area (Å²) in [6, 6.07) is 7.92. The normalized spacial score (nSPS) is 11.3. The molecule has 1 amide bonds. The van der Waals surface area contributed by atoms with Crippen LogP contribution in [0.1, 0.15) is 11.1 Å². The minimum absolute atomic E-state index is 0.0523. The lowest BCUT2D eigenvalue weighted by molar-refractivity contribution is -0.137. The molecule has 0 unspecified atom stereocenters. The third-order valence-electron chi connectivity index (χ3n) is 3.11. The SMILES string of the molecule is O=C(COc1ccc(Br)cc1CO)Nc1ccc(Cl)c(C(F)(F)F)c1. The number of hydrogen-bond donors (Lipinski definition) is 2. The van der Waals surface area contributed by atoms with Crippen molar-refractivity contribution >= 4 is 39.1 Å². The average Bonchev–Trinajstić information content (AvgIpc) is 2.54. The van der Waals surface area contributed by atoms with Crippen LogP contribution in [-0.2, 0) is 17.6 Å². The zero-order valence-corrected chi connectivity index (χ0v) is 14.9. The summed E-state index contributed by atoms with van der Waals surface area (Å²) in [6.45, 7) is -0.721. The van der Waals surface area contributed by atoms with Crippen molar-refractivity contribution in [2.75, 3.05) is 11.9 Å². The summed E-state index contributed by atoms with van der Waals surface area (Å²) in [7, 11) is 0. The maximum atomic E-state index is 12.8. The van der Waals surface area contributed by atoms with Gasteiger partial charge in [0.25, 0.3) is 5.91 Å². The molecular weight excluding hydrogens is 427 g/mol. The zero-order valence-electron chi connectivity index (χ0n) is 12.5. The fourth-order valence-electron chi connectivity index (χ4n) is 1.97. The molecule has 25 heavy (non-hydrogen) atoms. The lowest BCUT2D eigenvalue weighted by atomic mass is 10.2. The summed E-state index contributed by atoms with van der Waals surface area (Å²) >= 11 is 8.76. The third-order valence-corrected chi connectivity index (χ3v) is 3.93.